The standard InChI is InChI=1S/C13H22N4/c1-10(2)17(11(3)4)16-15-13-8-6-5-7-12(13)9-14/h5-8,10-11H,9,14H2,1-4H3. The zero-order valence-corrected chi connectivity index (χ0v) is 11.1. The van der Waals surface area contributed by atoms with E-state index in [9.17, 15) is 0 Å². The van der Waals surface area contributed by atoms with Crippen molar-refractivity contribution in [3.05, 3.63) is 29.8 Å². The Labute approximate surface area is 104 Å². The highest BCUT2D eigenvalue weighted by Crippen LogP contribution is 2.19. The molecule has 0 saturated heterocycles. The molecular formula is C13H22N4. The Morgan fingerprint density at radius 3 is 2.24 bits per heavy atom. The third kappa shape index (κ3) is 3.82. The van der Waals surface area contributed by atoms with E-state index in [0.29, 0.717) is 18.6 Å². The van der Waals surface area contributed by atoms with Gasteiger partial charge in [-0.1, -0.05) is 23.4 Å². The van der Waals surface area contributed by atoms with Crippen LogP contribution in [0.3, 0.4) is 0 Å². The molecule has 0 amide bonds. The molecule has 0 fully saturated rings. The van der Waals surface area contributed by atoms with Crippen LogP contribution in [-0.2, 0) is 6.54 Å². The minimum Gasteiger partial charge on any atom is -0.326 e. The Kier molecular flexibility index (Phi) is 5.10. The van der Waals surface area contributed by atoms with Gasteiger partial charge < -0.3 is 5.73 Å². The number of nitrogens with zero attached hydrogens (tertiary/aromatic N) is 3. The second-order valence-corrected chi connectivity index (χ2v) is 4.59. The Morgan fingerprint density at radius 1 is 1.12 bits per heavy atom. The molecule has 94 valence electrons. The van der Waals surface area contributed by atoms with Crippen LogP contribution >= 0.6 is 0 Å². The highest BCUT2D eigenvalue weighted by atomic mass is 15.6. The first-order valence-corrected chi connectivity index (χ1v) is 6.04. The smallest absolute Gasteiger partial charge is 0.0919 e. The molecule has 1 aromatic rings. The van der Waals surface area contributed by atoms with Gasteiger partial charge in [-0.25, -0.2) is 0 Å². The lowest BCUT2D eigenvalue weighted by Crippen LogP contribution is -2.31. The average Bonchev–Trinajstić information content (AvgIpc) is 2.29. The van der Waals surface area contributed by atoms with Crippen molar-refractivity contribution in [1.29, 1.82) is 0 Å². The lowest BCUT2D eigenvalue weighted by molar-refractivity contribution is 0.169. The molecule has 4 heteroatoms. The summed E-state index contributed by atoms with van der Waals surface area (Å²) in [7, 11) is 0. The van der Waals surface area contributed by atoms with Crippen LogP contribution in [0.5, 0.6) is 0 Å². The Balaban J connectivity index is 2.88. The summed E-state index contributed by atoms with van der Waals surface area (Å²) in [6.07, 6.45) is 0. The molecule has 0 heterocycles. The van der Waals surface area contributed by atoms with Gasteiger partial charge in [0.25, 0.3) is 0 Å². The first kappa shape index (κ1) is 13.6. The van der Waals surface area contributed by atoms with E-state index in [1.165, 1.54) is 0 Å². The van der Waals surface area contributed by atoms with E-state index in [-0.39, 0.29) is 0 Å². The van der Waals surface area contributed by atoms with Crippen LogP contribution in [0, 0.1) is 0 Å². The van der Waals surface area contributed by atoms with Crippen molar-refractivity contribution in [3.63, 3.8) is 0 Å². The third-order valence-electron chi connectivity index (χ3n) is 2.53. The topological polar surface area (TPSA) is 54.0 Å². The van der Waals surface area contributed by atoms with E-state index in [4.69, 9.17) is 5.73 Å². The van der Waals surface area contributed by atoms with E-state index in [1.807, 2.05) is 29.3 Å². The van der Waals surface area contributed by atoms with E-state index >= 15 is 0 Å². The number of nitrogens with two attached hydrogens (primary N) is 1. The molecule has 2 N–H and O–H groups in total. The summed E-state index contributed by atoms with van der Waals surface area (Å²) in [5.41, 5.74) is 7.53. The van der Waals surface area contributed by atoms with Gasteiger partial charge in [-0.2, -0.15) is 0 Å². The summed E-state index contributed by atoms with van der Waals surface area (Å²) in [6.45, 7) is 8.90. The van der Waals surface area contributed by atoms with Crippen molar-refractivity contribution in [3.8, 4) is 0 Å². The summed E-state index contributed by atoms with van der Waals surface area (Å²) in [5, 5.41) is 10.6. The number of hydrogen-bond donors (Lipinski definition) is 1. The normalized spacial score (nSPS) is 11.7. The first-order chi connectivity index (χ1) is 8.06. The Bertz CT molecular complexity index is 363. The zero-order valence-electron chi connectivity index (χ0n) is 11.1. The predicted octanol–water partition coefficient (Wildman–Crippen LogP) is 3.26. The lowest BCUT2D eigenvalue weighted by Gasteiger charge is -2.25. The van der Waals surface area contributed by atoms with E-state index < -0.39 is 0 Å². The molecule has 0 unspecified atom stereocenters. The molecule has 0 bridgehead atoms. The van der Waals surface area contributed by atoms with E-state index in [2.05, 4.69) is 38.0 Å². The first-order valence-electron chi connectivity index (χ1n) is 6.04. The molecule has 0 radical (unpaired) electrons. The number of rotatable bonds is 5. The molecule has 0 aliphatic carbocycles. The summed E-state index contributed by atoms with van der Waals surface area (Å²) >= 11 is 0. The van der Waals surface area contributed by atoms with Crippen LogP contribution in [0.25, 0.3) is 0 Å². The second-order valence-electron chi connectivity index (χ2n) is 4.59. The Hall–Kier alpha value is -1.42. The monoisotopic (exact) mass is 234 g/mol. The summed E-state index contributed by atoms with van der Waals surface area (Å²) in [6, 6.07) is 8.49. The van der Waals surface area contributed by atoms with Gasteiger partial charge in [0.2, 0.25) is 0 Å². The van der Waals surface area contributed by atoms with Gasteiger partial charge >= 0.3 is 0 Å². The number of benzene rings is 1. The fourth-order valence-corrected chi connectivity index (χ4v) is 1.68. The van der Waals surface area contributed by atoms with Crippen LogP contribution in [0.4, 0.5) is 5.69 Å². The van der Waals surface area contributed by atoms with Gasteiger partial charge in [-0.15, -0.1) is 5.11 Å². The Morgan fingerprint density at radius 2 is 1.71 bits per heavy atom. The van der Waals surface area contributed by atoms with Crippen molar-refractivity contribution in [2.75, 3.05) is 0 Å². The van der Waals surface area contributed by atoms with Crippen LogP contribution in [-0.4, -0.2) is 17.1 Å². The van der Waals surface area contributed by atoms with Crippen molar-refractivity contribution >= 4 is 5.69 Å². The second kappa shape index (κ2) is 6.35. The van der Waals surface area contributed by atoms with E-state index in [1.54, 1.807) is 0 Å². The van der Waals surface area contributed by atoms with Crippen molar-refractivity contribution in [2.45, 2.75) is 46.3 Å². The summed E-state index contributed by atoms with van der Waals surface area (Å²) in [4.78, 5) is 0. The maximum atomic E-state index is 5.66. The number of hydrogen-bond acceptors (Lipinski definition) is 3. The molecule has 0 aliphatic heterocycles. The molecule has 0 saturated carbocycles. The molecule has 0 atom stereocenters. The summed E-state index contributed by atoms with van der Waals surface area (Å²) in [5.74, 6) is 0. The van der Waals surface area contributed by atoms with Gasteiger partial charge in [0.1, 0.15) is 0 Å². The van der Waals surface area contributed by atoms with Gasteiger partial charge in [-0.05, 0) is 39.3 Å². The minimum absolute atomic E-state index is 0.337. The van der Waals surface area contributed by atoms with Crippen molar-refractivity contribution in [1.82, 2.24) is 5.01 Å². The molecule has 0 aromatic heterocycles. The van der Waals surface area contributed by atoms with Crippen LogP contribution in [0.1, 0.15) is 33.3 Å². The quantitative estimate of drug-likeness (QED) is 0.628. The molecule has 17 heavy (non-hydrogen) atoms. The van der Waals surface area contributed by atoms with Gasteiger partial charge in [0.05, 0.1) is 5.69 Å². The fraction of sp³-hybridized carbons (Fsp3) is 0.538. The highest BCUT2D eigenvalue weighted by molar-refractivity contribution is 5.44. The van der Waals surface area contributed by atoms with Gasteiger partial charge in [-0.3, -0.25) is 5.01 Å². The maximum absolute atomic E-state index is 5.66. The molecular weight excluding hydrogens is 212 g/mol. The maximum Gasteiger partial charge on any atom is 0.0919 e. The lowest BCUT2D eigenvalue weighted by atomic mass is 10.2. The predicted molar refractivity (Wildman–Crippen MR) is 71.0 cm³/mol. The van der Waals surface area contributed by atoms with Gasteiger partial charge in [0.15, 0.2) is 0 Å². The molecule has 1 aromatic carbocycles. The molecule has 1 rings (SSSR count). The zero-order chi connectivity index (χ0) is 12.8. The highest BCUT2D eigenvalue weighted by Gasteiger charge is 2.10. The van der Waals surface area contributed by atoms with Crippen LogP contribution < -0.4 is 5.73 Å². The molecule has 0 aliphatic rings. The molecule has 0 spiro atoms. The van der Waals surface area contributed by atoms with Crippen molar-refractivity contribution in [2.24, 2.45) is 16.1 Å². The average molecular weight is 234 g/mol. The molecule has 4 nitrogen and oxygen atoms in total. The SMILES string of the molecule is CC(C)N(N=Nc1ccccc1CN)C(C)C. The fourth-order valence-electron chi connectivity index (χ4n) is 1.68. The van der Waals surface area contributed by atoms with E-state index in [0.717, 1.165) is 11.3 Å². The summed E-state index contributed by atoms with van der Waals surface area (Å²) < 4.78 is 0. The minimum atomic E-state index is 0.337. The van der Waals surface area contributed by atoms with Gasteiger partial charge in [0, 0.05) is 18.6 Å². The largest absolute Gasteiger partial charge is 0.326 e. The van der Waals surface area contributed by atoms with Crippen LogP contribution in [0.15, 0.2) is 34.6 Å². The van der Waals surface area contributed by atoms with Crippen molar-refractivity contribution < 1.29 is 0 Å². The third-order valence-corrected chi connectivity index (χ3v) is 2.53. The van der Waals surface area contributed by atoms with Crippen LogP contribution in [0.2, 0.25) is 0 Å².